The summed E-state index contributed by atoms with van der Waals surface area (Å²) in [5.41, 5.74) is 3.44. The first-order valence-electron chi connectivity index (χ1n) is 10.5. The molecule has 1 aliphatic heterocycles. The van der Waals surface area contributed by atoms with Gasteiger partial charge in [0.15, 0.2) is 0 Å². The molecule has 0 aliphatic carbocycles. The zero-order valence-electron chi connectivity index (χ0n) is 17.6. The lowest BCUT2D eigenvalue weighted by molar-refractivity contribution is -0.111. The summed E-state index contributed by atoms with van der Waals surface area (Å²) in [7, 11) is 0. The van der Waals surface area contributed by atoms with Crippen LogP contribution < -0.4 is 10.2 Å². The van der Waals surface area contributed by atoms with E-state index in [0.717, 1.165) is 35.6 Å². The Bertz CT molecular complexity index is 1090. The fourth-order valence-electron chi connectivity index (χ4n) is 3.62. The van der Waals surface area contributed by atoms with Crippen LogP contribution in [0.3, 0.4) is 0 Å². The van der Waals surface area contributed by atoms with Crippen LogP contribution in [0.2, 0.25) is 5.02 Å². The number of benzene rings is 3. The van der Waals surface area contributed by atoms with Gasteiger partial charge >= 0.3 is 0 Å². The molecule has 3 aromatic rings. The Morgan fingerprint density at radius 2 is 1.47 bits per heavy atom. The molecule has 0 saturated carbocycles. The number of nitrogens with one attached hydrogen (secondary N) is 1. The molecule has 0 aromatic heterocycles. The van der Waals surface area contributed by atoms with Crippen molar-refractivity contribution in [3.63, 3.8) is 0 Å². The van der Waals surface area contributed by atoms with E-state index < -0.39 is 0 Å². The number of amides is 2. The van der Waals surface area contributed by atoms with Crippen molar-refractivity contribution in [2.75, 3.05) is 36.4 Å². The summed E-state index contributed by atoms with van der Waals surface area (Å²) in [6.07, 6.45) is 3.25. The molecule has 0 atom stereocenters. The fraction of sp³-hybridized carbons (Fsp3) is 0.154. The third-order valence-corrected chi connectivity index (χ3v) is 5.64. The molecule has 3 aromatic carbocycles. The van der Waals surface area contributed by atoms with E-state index in [9.17, 15) is 9.59 Å². The standard InChI is InChI=1S/C26H24ClN3O2/c27-22-9-6-20(7-10-22)8-15-25(31)28-23-11-13-24(14-12-23)29-16-18-30(19-17-29)26(32)21-4-2-1-3-5-21/h1-15H,16-19H2,(H,28,31)/b15-8+. The quantitative estimate of drug-likeness (QED) is 0.565. The minimum atomic E-state index is -0.194. The SMILES string of the molecule is O=C(/C=C/c1ccc(Cl)cc1)Nc1ccc(N2CCN(C(=O)c3ccccc3)CC2)cc1. The monoisotopic (exact) mass is 445 g/mol. The molecule has 0 radical (unpaired) electrons. The number of carbonyl (C=O) groups excluding carboxylic acids is 2. The molecular formula is C26H24ClN3O2. The second kappa shape index (κ2) is 10.2. The first-order valence-corrected chi connectivity index (χ1v) is 10.9. The predicted octanol–water partition coefficient (Wildman–Crippen LogP) is 4.95. The summed E-state index contributed by atoms with van der Waals surface area (Å²) in [6, 6.07) is 24.5. The molecule has 162 valence electrons. The summed E-state index contributed by atoms with van der Waals surface area (Å²) in [5.74, 6) is -0.115. The van der Waals surface area contributed by atoms with E-state index in [1.54, 1.807) is 18.2 Å². The molecule has 32 heavy (non-hydrogen) atoms. The van der Waals surface area contributed by atoms with Gasteiger partial charge < -0.3 is 15.1 Å². The van der Waals surface area contributed by atoms with Crippen LogP contribution in [0, 0.1) is 0 Å². The highest BCUT2D eigenvalue weighted by Gasteiger charge is 2.22. The number of carbonyl (C=O) groups is 2. The largest absolute Gasteiger partial charge is 0.368 e. The number of nitrogens with zero attached hydrogens (tertiary/aromatic N) is 2. The number of anilines is 2. The topological polar surface area (TPSA) is 52.7 Å². The van der Waals surface area contributed by atoms with E-state index >= 15 is 0 Å². The molecule has 4 rings (SSSR count). The van der Waals surface area contributed by atoms with Gasteiger partial charge in [-0.15, -0.1) is 0 Å². The van der Waals surface area contributed by atoms with Gasteiger partial charge in [-0.3, -0.25) is 9.59 Å². The van der Waals surface area contributed by atoms with Crippen molar-refractivity contribution in [1.82, 2.24) is 4.90 Å². The zero-order valence-corrected chi connectivity index (χ0v) is 18.3. The van der Waals surface area contributed by atoms with Crippen LogP contribution in [-0.2, 0) is 4.79 Å². The Morgan fingerprint density at radius 1 is 0.812 bits per heavy atom. The van der Waals surface area contributed by atoms with E-state index in [4.69, 9.17) is 11.6 Å². The normalized spacial score (nSPS) is 13.9. The molecule has 2 amide bonds. The Kier molecular flexibility index (Phi) is 6.87. The lowest BCUT2D eigenvalue weighted by Gasteiger charge is -2.36. The van der Waals surface area contributed by atoms with E-state index in [1.165, 1.54) is 6.08 Å². The van der Waals surface area contributed by atoms with Crippen molar-refractivity contribution in [2.45, 2.75) is 0 Å². The number of hydrogen-bond acceptors (Lipinski definition) is 3. The average molecular weight is 446 g/mol. The Balaban J connectivity index is 1.29. The highest BCUT2D eigenvalue weighted by molar-refractivity contribution is 6.30. The van der Waals surface area contributed by atoms with Gasteiger partial charge in [-0.05, 0) is 60.2 Å². The van der Waals surface area contributed by atoms with Gasteiger partial charge in [0, 0.05) is 54.2 Å². The smallest absolute Gasteiger partial charge is 0.253 e. The molecule has 0 spiro atoms. The highest BCUT2D eigenvalue weighted by atomic mass is 35.5. The van der Waals surface area contributed by atoms with Gasteiger partial charge in [0.05, 0.1) is 0 Å². The Hall–Kier alpha value is -3.57. The number of piperazine rings is 1. The molecule has 1 aliphatic rings. The average Bonchev–Trinajstić information content (AvgIpc) is 2.84. The maximum absolute atomic E-state index is 12.6. The van der Waals surface area contributed by atoms with Crippen LogP contribution >= 0.6 is 11.6 Å². The lowest BCUT2D eigenvalue weighted by atomic mass is 10.1. The van der Waals surface area contributed by atoms with Gasteiger partial charge in [-0.25, -0.2) is 0 Å². The predicted molar refractivity (Wildman–Crippen MR) is 130 cm³/mol. The van der Waals surface area contributed by atoms with Crippen LogP contribution in [0.1, 0.15) is 15.9 Å². The second-order valence-corrected chi connectivity index (χ2v) is 8.00. The van der Waals surface area contributed by atoms with Crippen LogP contribution in [0.25, 0.3) is 6.08 Å². The van der Waals surface area contributed by atoms with Gasteiger partial charge in [-0.2, -0.15) is 0 Å². The van der Waals surface area contributed by atoms with E-state index in [0.29, 0.717) is 18.1 Å². The maximum atomic E-state index is 12.6. The van der Waals surface area contributed by atoms with Gasteiger partial charge in [0.2, 0.25) is 5.91 Å². The van der Waals surface area contributed by atoms with Crippen molar-refractivity contribution in [3.8, 4) is 0 Å². The third-order valence-electron chi connectivity index (χ3n) is 5.38. The third kappa shape index (κ3) is 5.56. The van der Waals surface area contributed by atoms with E-state index in [2.05, 4.69) is 10.2 Å². The van der Waals surface area contributed by atoms with Crippen molar-refractivity contribution < 1.29 is 9.59 Å². The molecule has 1 heterocycles. The van der Waals surface area contributed by atoms with E-state index in [-0.39, 0.29) is 11.8 Å². The Morgan fingerprint density at radius 3 is 2.12 bits per heavy atom. The number of halogens is 1. The van der Waals surface area contributed by atoms with Crippen LogP contribution in [-0.4, -0.2) is 42.9 Å². The maximum Gasteiger partial charge on any atom is 0.253 e. The van der Waals surface area contributed by atoms with Crippen molar-refractivity contribution in [2.24, 2.45) is 0 Å². The molecule has 1 N–H and O–H groups in total. The molecule has 1 fully saturated rings. The molecule has 5 nitrogen and oxygen atoms in total. The minimum Gasteiger partial charge on any atom is -0.368 e. The van der Waals surface area contributed by atoms with Gasteiger partial charge in [0.1, 0.15) is 0 Å². The minimum absolute atomic E-state index is 0.0787. The number of hydrogen-bond donors (Lipinski definition) is 1. The second-order valence-electron chi connectivity index (χ2n) is 7.57. The first kappa shape index (κ1) is 21.7. The summed E-state index contributed by atoms with van der Waals surface area (Å²) in [5, 5.41) is 3.53. The van der Waals surface area contributed by atoms with E-state index in [1.807, 2.05) is 71.6 Å². The van der Waals surface area contributed by atoms with Crippen molar-refractivity contribution in [1.29, 1.82) is 0 Å². The first-order chi connectivity index (χ1) is 15.6. The fourth-order valence-corrected chi connectivity index (χ4v) is 3.74. The molecule has 0 bridgehead atoms. The highest BCUT2D eigenvalue weighted by Crippen LogP contribution is 2.20. The molecule has 0 unspecified atom stereocenters. The zero-order chi connectivity index (χ0) is 22.3. The molecule has 6 heteroatoms. The van der Waals surface area contributed by atoms with Crippen LogP contribution in [0.15, 0.2) is 84.9 Å². The van der Waals surface area contributed by atoms with Crippen LogP contribution in [0.5, 0.6) is 0 Å². The molecule has 1 saturated heterocycles. The lowest BCUT2D eigenvalue weighted by Crippen LogP contribution is -2.48. The summed E-state index contributed by atoms with van der Waals surface area (Å²) >= 11 is 5.87. The summed E-state index contributed by atoms with van der Waals surface area (Å²) < 4.78 is 0. The van der Waals surface area contributed by atoms with Gasteiger partial charge in [-0.1, -0.05) is 41.9 Å². The molecular weight excluding hydrogens is 422 g/mol. The van der Waals surface area contributed by atoms with Crippen molar-refractivity contribution in [3.05, 3.63) is 101 Å². The number of rotatable bonds is 5. The van der Waals surface area contributed by atoms with Crippen molar-refractivity contribution >= 4 is 40.9 Å². The summed E-state index contributed by atoms with van der Waals surface area (Å²) in [4.78, 5) is 28.9. The van der Waals surface area contributed by atoms with Crippen LogP contribution in [0.4, 0.5) is 11.4 Å². The van der Waals surface area contributed by atoms with Gasteiger partial charge in [0.25, 0.3) is 5.91 Å². The summed E-state index contributed by atoms with van der Waals surface area (Å²) in [6.45, 7) is 2.91. The Labute approximate surface area is 192 Å².